The first-order valence-electron chi connectivity index (χ1n) is 5.59. The van der Waals surface area contributed by atoms with Gasteiger partial charge in [0, 0.05) is 0 Å². The van der Waals surface area contributed by atoms with Gasteiger partial charge in [0.05, 0.1) is 16.8 Å². The summed E-state index contributed by atoms with van der Waals surface area (Å²) in [5.41, 5.74) is 0.720. The van der Waals surface area contributed by atoms with Crippen molar-refractivity contribution in [3.63, 3.8) is 0 Å². The Balaban J connectivity index is 2.22. The van der Waals surface area contributed by atoms with E-state index in [0.717, 1.165) is 18.7 Å². The van der Waals surface area contributed by atoms with Crippen molar-refractivity contribution >= 4 is 23.4 Å². The summed E-state index contributed by atoms with van der Waals surface area (Å²) in [6.45, 7) is 1.26. The number of anilines is 1. The fourth-order valence-corrected chi connectivity index (χ4v) is 2.15. The van der Waals surface area contributed by atoms with Crippen LogP contribution in [0.1, 0.15) is 6.42 Å². The Hall–Kier alpha value is -1.26. The molecule has 0 aliphatic carbocycles. The van der Waals surface area contributed by atoms with E-state index in [-0.39, 0.29) is 12.1 Å². The average molecular weight is 255 g/mol. The van der Waals surface area contributed by atoms with E-state index in [1.165, 1.54) is 0 Å². The monoisotopic (exact) mass is 254 g/mol. The largest absolute Gasteiger partial charge is 0.447 e. The molecule has 1 aromatic rings. The number of amides is 1. The summed E-state index contributed by atoms with van der Waals surface area (Å²) in [7, 11) is 1.89. The second-order valence-corrected chi connectivity index (χ2v) is 4.35. The molecule has 1 amide bonds. The minimum atomic E-state index is -0.320. The fourth-order valence-electron chi connectivity index (χ4n) is 1.93. The maximum absolute atomic E-state index is 11.7. The standard InChI is InChI=1S/C12H15ClN2O2/c1-14-7-6-9-8-17-12(16)15(9)11-5-3-2-4-10(11)13/h2-5,9,14H,6-8H2,1H3. The third-order valence-electron chi connectivity index (χ3n) is 2.80. The molecule has 92 valence electrons. The van der Waals surface area contributed by atoms with Crippen molar-refractivity contribution in [2.45, 2.75) is 12.5 Å². The van der Waals surface area contributed by atoms with Gasteiger partial charge in [0.1, 0.15) is 6.61 Å². The second-order valence-electron chi connectivity index (χ2n) is 3.94. The third kappa shape index (κ3) is 2.53. The summed E-state index contributed by atoms with van der Waals surface area (Å²) in [4.78, 5) is 13.4. The Morgan fingerprint density at radius 3 is 3.00 bits per heavy atom. The molecule has 2 rings (SSSR count). The molecule has 1 aliphatic heterocycles. The van der Waals surface area contributed by atoms with Gasteiger partial charge in [-0.2, -0.15) is 0 Å². The van der Waals surface area contributed by atoms with Crippen molar-refractivity contribution in [3.8, 4) is 0 Å². The predicted octanol–water partition coefficient (Wildman–Crippen LogP) is 2.27. The van der Waals surface area contributed by atoms with Crippen molar-refractivity contribution in [3.05, 3.63) is 29.3 Å². The lowest BCUT2D eigenvalue weighted by Crippen LogP contribution is -2.35. The molecule has 0 aromatic heterocycles. The van der Waals surface area contributed by atoms with Crippen LogP contribution in [0.2, 0.25) is 5.02 Å². The number of nitrogens with zero attached hydrogens (tertiary/aromatic N) is 1. The summed E-state index contributed by atoms with van der Waals surface area (Å²) in [5.74, 6) is 0. The quantitative estimate of drug-likeness (QED) is 0.896. The van der Waals surface area contributed by atoms with E-state index in [4.69, 9.17) is 16.3 Å². The summed E-state index contributed by atoms with van der Waals surface area (Å²) >= 11 is 6.10. The summed E-state index contributed by atoms with van der Waals surface area (Å²) in [6.07, 6.45) is 0.521. The number of para-hydroxylation sites is 1. The lowest BCUT2D eigenvalue weighted by Gasteiger charge is -2.22. The van der Waals surface area contributed by atoms with Gasteiger partial charge in [-0.15, -0.1) is 0 Å². The Morgan fingerprint density at radius 1 is 1.53 bits per heavy atom. The highest BCUT2D eigenvalue weighted by molar-refractivity contribution is 6.33. The molecule has 1 saturated heterocycles. The van der Waals surface area contributed by atoms with Crippen molar-refractivity contribution < 1.29 is 9.53 Å². The molecule has 17 heavy (non-hydrogen) atoms. The molecular formula is C12H15ClN2O2. The molecule has 1 aromatic carbocycles. The van der Waals surface area contributed by atoms with Crippen LogP contribution in [0.15, 0.2) is 24.3 Å². The highest BCUT2D eigenvalue weighted by atomic mass is 35.5. The predicted molar refractivity (Wildman–Crippen MR) is 67.6 cm³/mol. The number of rotatable bonds is 4. The number of carbonyl (C=O) groups excluding carboxylic acids is 1. The summed E-state index contributed by atoms with van der Waals surface area (Å²) < 4.78 is 5.09. The molecule has 0 radical (unpaired) electrons. The molecule has 1 fully saturated rings. The third-order valence-corrected chi connectivity index (χ3v) is 3.12. The smallest absolute Gasteiger partial charge is 0.414 e. The number of nitrogens with one attached hydrogen (secondary N) is 1. The number of hydrogen-bond donors (Lipinski definition) is 1. The van der Waals surface area contributed by atoms with Crippen LogP contribution >= 0.6 is 11.6 Å². The molecule has 0 spiro atoms. The van der Waals surface area contributed by atoms with E-state index in [2.05, 4.69) is 5.32 Å². The molecule has 0 saturated carbocycles. The van der Waals surface area contributed by atoms with Crippen LogP contribution in [0.3, 0.4) is 0 Å². The van der Waals surface area contributed by atoms with E-state index in [1.54, 1.807) is 11.0 Å². The number of benzene rings is 1. The van der Waals surface area contributed by atoms with Crippen LogP contribution < -0.4 is 10.2 Å². The molecule has 5 heteroatoms. The van der Waals surface area contributed by atoms with Gasteiger partial charge in [-0.1, -0.05) is 23.7 Å². The van der Waals surface area contributed by atoms with Crippen LogP contribution in [0.4, 0.5) is 10.5 Å². The van der Waals surface area contributed by atoms with Crippen LogP contribution in [-0.4, -0.2) is 32.3 Å². The first-order chi connectivity index (χ1) is 8.24. The fraction of sp³-hybridized carbons (Fsp3) is 0.417. The molecule has 1 N–H and O–H groups in total. The van der Waals surface area contributed by atoms with Gasteiger partial charge in [0.15, 0.2) is 0 Å². The van der Waals surface area contributed by atoms with E-state index >= 15 is 0 Å². The molecular weight excluding hydrogens is 240 g/mol. The van der Waals surface area contributed by atoms with Crippen LogP contribution in [0.25, 0.3) is 0 Å². The number of hydrogen-bond acceptors (Lipinski definition) is 3. The van der Waals surface area contributed by atoms with Gasteiger partial charge < -0.3 is 10.1 Å². The van der Waals surface area contributed by atoms with Crippen molar-refractivity contribution in [1.82, 2.24) is 5.32 Å². The zero-order chi connectivity index (χ0) is 12.3. The van der Waals surface area contributed by atoms with Gasteiger partial charge in [0.2, 0.25) is 0 Å². The average Bonchev–Trinajstić information content (AvgIpc) is 2.69. The number of cyclic esters (lactones) is 1. The molecule has 1 unspecified atom stereocenters. The van der Waals surface area contributed by atoms with Gasteiger partial charge in [-0.3, -0.25) is 4.90 Å². The van der Waals surface area contributed by atoms with Crippen molar-refractivity contribution in [1.29, 1.82) is 0 Å². The lowest BCUT2D eigenvalue weighted by atomic mass is 10.2. The normalized spacial score (nSPS) is 19.5. The number of halogens is 1. The minimum Gasteiger partial charge on any atom is -0.447 e. The van der Waals surface area contributed by atoms with E-state index in [1.807, 2.05) is 25.2 Å². The Bertz CT molecular complexity index is 411. The van der Waals surface area contributed by atoms with Crippen LogP contribution in [-0.2, 0) is 4.74 Å². The van der Waals surface area contributed by atoms with Crippen molar-refractivity contribution in [2.24, 2.45) is 0 Å². The van der Waals surface area contributed by atoms with E-state index < -0.39 is 0 Å². The van der Waals surface area contributed by atoms with E-state index in [0.29, 0.717) is 11.6 Å². The highest BCUT2D eigenvalue weighted by Crippen LogP contribution is 2.30. The van der Waals surface area contributed by atoms with Crippen LogP contribution in [0.5, 0.6) is 0 Å². The van der Waals surface area contributed by atoms with Crippen LogP contribution in [0, 0.1) is 0 Å². The van der Waals surface area contributed by atoms with E-state index in [9.17, 15) is 4.79 Å². The molecule has 1 heterocycles. The Labute approximate surface area is 106 Å². The Morgan fingerprint density at radius 2 is 2.29 bits per heavy atom. The minimum absolute atomic E-state index is 0.0508. The molecule has 4 nitrogen and oxygen atoms in total. The van der Waals surface area contributed by atoms with Gasteiger partial charge in [-0.25, -0.2) is 4.79 Å². The maximum atomic E-state index is 11.7. The first kappa shape index (κ1) is 12.2. The summed E-state index contributed by atoms with van der Waals surface area (Å²) in [6, 6.07) is 7.37. The Kier molecular flexibility index (Phi) is 3.86. The topological polar surface area (TPSA) is 41.6 Å². The first-order valence-corrected chi connectivity index (χ1v) is 5.97. The molecule has 1 atom stereocenters. The number of carbonyl (C=O) groups is 1. The highest BCUT2D eigenvalue weighted by Gasteiger charge is 2.34. The second kappa shape index (κ2) is 5.38. The van der Waals surface area contributed by atoms with Crippen molar-refractivity contribution in [2.75, 3.05) is 25.1 Å². The maximum Gasteiger partial charge on any atom is 0.414 e. The zero-order valence-corrected chi connectivity index (χ0v) is 10.4. The summed E-state index contributed by atoms with van der Waals surface area (Å²) in [5, 5.41) is 3.64. The zero-order valence-electron chi connectivity index (χ0n) is 9.65. The number of ether oxygens (including phenoxy) is 1. The molecule has 0 bridgehead atoms. The molecule has 1 aliphatic rings. The van der Waals surface area contributed by atoms with Gasteiger partial charge >= 0.3 is 6.09 Å². The van der Waals surface area contributed by atoms with Gasteiger partial charge in [-0.05, 0) is 32.1 Å². The SMILES string of the molecule is CNCCC1COC(=O)N1c1ccccc1Cl. The lowest BCUT2D eigenvalue weighted by molar-refractivity contribution is 0.178. The van der Waals surface area contributed by atoms with Gasteiger partial charge in [0.25, 0.3) is 0 Å².